The van der Waals surface area contributed by atoms with Crippen molar-refractivity contribution < 1.29 is 18.9 Å². The SMILES string of the molecule is NC(c1ccc2c(c1)OCCCO2)c1ccc2c(c1)OCO2. The van der Waals surface area contributed by atoms with Gasteiger partial charge < -0.3 is 24.7 Å². The molecule has 1 unspecified atom stereocenters. The van der Waals surface area contributed by atoms with E-state index in [1.54, 1.807) is 0 Å². The molecule has 5 heteroatoms. The third-order valence-corrected chi connectivity index (χ3v) is 3.89. The van der Waals surface area contributed by atoms with Crippen LogP contribution in [-0.2, 0) is 0 Å². The standard InChI is InChI=1S/C17H17NO4/c18-17(12-3-5-14-16(9-12)22-10-21-14)11-2-4-13-15(8-11)20-7-1-6-19-13/h2-5,8-9,17H,1,6-7,10,18H2. The lowest BCUT2D eigenvalue weighted by Crippen LogP contribution is -2.12. The molecule has 114 valence electrons. The van der Waals surface area contributed by atoms with Gasteiger partial charge in [-0.1, -0.05) is 12.1 Å². The molecule has 0 aliphatic carbocycles. The van der Waals surface area contributed by atoms with Gasteiger partial charge in [0, 0.05) is 6.42 Å². The van der Waals surface area contributed by atoms with Crippen molar-refractivity contribution >= 4 is 0 Å². The molecule has 2 N–H and O–H groups in total. The lowest BCUT2D eigenvalue weighted by Gasteiger charge is -2.15. The third-order valence-electron chi connectivity index (χ3n) is 3.89. The predicted octanol–water partition coefficient (Wildman–Crippen LogP) is 2.62. The summed E-state index contributed by atoms with van der Waals surface area (Å²) in [5.74, 6) is 3.03. The van der Waals surface area contributed by atoms with Crippen LogP contribution < -0.4 is 24.7 Å². The largest absolute Gasteiger partial charge is 0.490 e. The van der Waals surface area contributed by atoms with Gasteiger partial charge in [0.15, 0.2) is 23.0 Å². The number of hydrogen-bond donors (Lipinski definition) is 1. The van der Waals surface area contributed by atoms with Crippen molar-refractivity contribution in [2.45, 2.75) is 12.5 Å². The summed E-state index contributed by atoms with van der Waals surface area (Å²) in [5, 5.41) is 0. The van der Waals surface area contributed by atoms with Crippen molar-refractivity contribution in [2.24, 2.45) is 5.73 Å². The normalized spacial score (nSPS) is 17.0. The van der Waals surface area contributed by atoms with Gasteiger partial charge in [-0.05, 0) is 35.4 Å². The van der Waals surface area contributed by atoms with Crippen LogP contribution in [0.25, 0.3) is 0 Å². The molecule has 0 saturated carbocycles. The molecule has 0 aromatic heterocycles. The smallest absolute Gasteiger partial charge is 0.231 e. The van der Waals surface area contributed by atoms with Gasteiger partial charge in [-0.2, -0.15) is 0 Å². The monoisotopic (exact) mass is 299 g/mol. The summed E-state index contributed by atoms with van der Waals surface area (Å²) in [4.78, 5) is 0. The Bertz CT molecular complexity index is 701. The van der Waals surface area contributed by atoms with Crippen molar-refractivity contribution in [3.05, 3.63) is 47.5 Å². The van der Waals surface area contributed by atoms with Crippen LogP contribution in [0.4, 0.5) is 0 Å². The second-order valence-electron chi connectivity index (χ2n) is 5.35. The molecule has 2 aromatic carbocycles. The van der Waals surface area contributed by atoms with E-state index in [9.17, 15) is 0 Å². The molecule has 0 saturated heterocycles. The Balaban J connectivity index is 1.65. The maximum Gasteiger partial charge on any atom is 0.231 e. The first kappa shape index (κ1) is 13.3. The molecule has 0 spiro atoms. The van der Waals surface area contributed by atoms with E-state index < -0.39 is 0 Å². The number of ether oxygens (including phenoxy) is 4. The van der Waals surface area contributed by atoms with Crippen molar-refractivity contribution in [3.63, 3.8) is 0 Å². The van der Waals surface area contributed by atoms with Gasteiger partial charge >= 0.3 is 0 Å². The zero-order chi connectivity index (χ0) is 14.9. The Morgan fingerprint density at radius 3 is 2.00 bits per heavy atom. The molecule has 22 heavy (non-hydrogen) atoms. The molecule has 2 aliphatic heterocycles. The molecule has 1 atom stereocenters. The minimum absolute atomic E-state index is 0.258. The van der Waals surface area contributed by atoms with Gasteiger partial charge in [0.1, 0.15) is 0 Å². The van der Waals surface area contributed by atoms with E-state index in [-0.39, 0.29) is 12.8 Å². The van der Waals surface area contributed by atoms with E-state index >= 15 is 0 Å². The minimum atomic E-state index is -0.258. The molecule has 0 amide bonds. The Labute approximate surface area is 128 Å². The van der Waals surface area contributed by atoms with Crippen LogP contribution in [0.2, 0.25) is 0 Å². The maximum atomic E-state index is 6.39. The summed E-state index contributed by atoms with van der Waals surface area (Å²) in [7, 11) is 0. The minimum Gasteiger partial charge on any atom is -0.490 e. The third kappa shape index (κ3) is 2.33. The summed E-state index contributed by atoms with van der Waals surface area (Å²) in [6.07, 6.45) is 0.887. The molecule has 5 nitrogen and oxygen atoms in total. The molecule has 0 fully saturated rings. The molecular weight excluding hydrogens is 282 g/mol. The number of hydrogen-bond acceptors (Lipinski definition) is 5. The summed E-state index contributed by atoms with van der Waals surface area (Å²) < 4.78 is 22.1. The van der Waals surface area contributed by atoms with Crippen LogP contribution in [0.15, 0.2) is 36.4 Å². The van der Waals surface area contributed by atoms with E-state index in [1.165, 1.54) is 0 Å². The highest BCUT2D eigenvalue weighted by atomic mass is 16.7. The van der Waals surface area contributed by atoms with E-state index in [1.807, 2.05) is 36.4 Å². The first-order valence-corrected chi connectivity index (χ1v) is 7.36. The fraction of sp³-hybridized carbons (Fsp3) is 0.294. The van der Waals surface area contributed by atoms with Crippen LogP contribution in [0.3, 0.4) is 0 Å². The molecular formula is C17H17NO4. The number of rotatable bonds is 2. The lowest BCUT2D eigenvalue weighted by atomic mass is 9.99. The van der Waals surface area contributed by atoms with Crippen molar-refractivity contribution in [3.8, 4) is 23.0 Å². The van der Waals surface area contributed by atoms with Crippen LogP contribution in [-0.4, -0.2) is 20.0 Å². The van der Waals surface area contributed by atoms with Gasteiger partial charge in [0.25, 0.3) is 0 Å². The van der Waals surface area contributed by atoms with Crippen molar-refractivity contribution in [1.29, 1.82) is 0 Å². The maximum absolute atomic E-state index is 6.39. The first-order valence-electron chi connectivity index (χ1n) is 7.36. The fourth-order valence-electron chi connectivity index (χ4n) is 2.67. The lowest BCUT2D eigenvalue weighted by molar-refractivity contribution is 0.174. The Hall–Kier alpha value is -2.40. The topological polar surface area (TPSA) is 62.9 Å². The first-order chi connectivity index (χ1) is 10.8. The van der Waals surface area contributed by atoms with Crippen LogP contribution in [0, 0.1) is 0 Å². The fourth-order valence-corrected chi connectivity index (χ4v) is 2.67. The molecule has 4 rings (SSSR count). The number of benzene rings is 2. The Kier molecular flexibility index (Phi) is 3.27. The van der Waals surface area contributed by atoms with E-state index in [0.717, 1.165) is 40.5 Å². The predicted molar refractivity (Wildman–Crippen MR) is 80.6 cm³/mol. The van der Waals surface area contributed by atoms with Crippen molar-refractivity contribution in [1.82, 2.24) is 0 Å². The highest BCUT2D eigenvalue weighted by Crippen LogP contribution is 2.37. The van der Waals surface area contributed by atoms with E-state index in [0.29, 0.717) is 13.2 Å². The highest BCUT2D eigenvalue weighted by molar-refractivity contribution is 5.49. The Morgan fingerprint density at radius 2 is 1.27 bits per heavy atom. The van der Waals surface area contributed by atoms with Gasteiger partial charge in [0.05, 0.1) is 19.3 Å². The number of fused-ring (bicyclic) bond motifs is 2. The van der Waals surface area contributed by atoms with Gasteiger partial charge in [0.2, 0.25) is 6.79 Å². The number of nitrogens with two attached hydrogens (primary N) is 1. The van der Waals surface area contributed by atoms with Crippen LogP contribution in [0.5, 0.6) is 23.0 Å². The van der Waals surface area contributed by atoms with Crippen LogP contribution in [0.1, 0.15) is 23.6 Å². The average Bonchev–Trinajstić information content (AvgIpc) is 2.89. The van der Waals surface area contributed by atoms with Gasteiger partial charge in [-0.25, -0.2) is 0 Å². The van der Waals surface area contributed by atoms with Gasteiger partial charge in [-0.15, -0.1) is 0 Å². The summed E-state index contributed by atoms with van der Waals surface area (Å²) in [6, 6.07) is 11.4. The van der Waals surface area contributed by atoms with Crippen LogP contribution >= 0.6 is 0 Å². The molecule has 0 radical (unpaired) electrons. The van der Waals surface area contributed by atoms with E-state index in [2.05, 4.69) is 0 Å². The summed E-state index contributed by atoms with van der Waals surface area (Å²) in [5.41, 5.74) is 8.34. The zero-order valence-electron chi connectivity index (χ0n) is 12.1. The summed E-state index contributed by atoms with van der Waals surface area (Å²) >= 11 is 0. The second kappa shape index (κ2) is 5.42. The zero-order valence-corrected chi connectivity index (χ0v) is 12.1. The molecule has 2 aliphatic rings. The van der Waals surface area contributed by atoms with Crippen molar-refractivity contribution in [2.75, 3.05) is 20.0 Å². The molecule has 2 aromatic rings. The molecule has 0 bridgehead atoms. The van der Waals surface area contributed by atoms with Gasteiger partial charge in [-0.3, -0.25) is 0 Å². The van der Waals surface area contributed by atoms with E-state index in [4.69, 9.17) is 24.7 Å². The second-order valence-corrected chi connectivity index (χ2v) is 5.35. The average molecular weight is 299 g/mol. The molecule has 2 heterocycles. The Morgan fingerprint density at radius 1 is 0.727 bits per heavy atom. The quantitative estimate of drug-likeness (QED) is 0.923. The highest BCUT2D eigenvalue weighted by Gasteiger charge is 2.19. The summed E-state index contributed by atoms with van der Waals surface area (Å²) in [6.45, 7) is 1.61.